The molecule has 0 spiro atoms. The second-order valence-electron chi connectivity index (χ2n) is 3.73. The SMILES string of the molecule is O=[N+]([O-])c1ccc(NCC[NH2+]CCO)c([N+](=O)[O-])c1. The van der Waals surface area contributed by atoms with Gasteiger partial charge in [-0.3, -0.25) is 20.2 Å². The Kier molecular flexibility index (Phi) is 5.64. The van der Waals surface area contributed by atoms with Gasteiger partial charge in [0.05, 0.1) is 42.2 Å². The summed E-state index contributed by atoms with van der Waals surface area (Å²) in [7, 11) is 0. The van der Waals surface area contributed by atoms with Gasteiger partial charge in [-0.05, 0) is 6.07 Å². The maximum absolute atomic E-state index is 10.8. The van der Waals surface area contributed by atoms with Crippen molar-refractivity contribution in [3.05, 3.63) is 38.4 Å². The molecule has 0 heterocycles. The zero-order valence-corrected chi connectivity index (χ0v) is 10.1. The van der Waals surface area contributed by atoms with Crippen molar-refractivity contribution in [1.29, 1.82) is 0 Å². The molecule has 0 aliphatic carbocycles. The Morgan fingerprint density at radius 3 is 2.53 bits per heavy atom. The van der Waals surface area contributed by atoms with Crippen LogP contribution in [0.15, 0.2) is 18.2 Å². The van der Waals surface area contributed by atoms with Crippen LogP contribution in [0.1, 0.15) is 0 Å². The monoisotopic (exact) mass is 271 g/mol. The summed E-state index contributed by atoms with van der Waals surface area (Å²) in [5.74, 6) is 0. The fourth-order valence-corrected chi connectivity index (χ4v) is 1.48. The number of nitro benzene ring substituents is 2. The minimum Gasteiger partial charge on any atom is -0.391 e. The van der Waals surface area contributed by atoms with E-state index in [0.717, 1.165) is 6.07 Å². The molecule has 0 saturated heterocycles. The first kappa shape index (κ1) is 14.8. The Morgan fingerprint density at radius 1 is 1.21 bits per heavy atom. The van der Waals surface area contributed by atoms with Crippen molar-refractivity contribution in [2.45, 2.75) is 0 Å². The van der Waals surface area contributed by atoms with Crippen LogP contribution in [0.4, 0.5) is 17.1 Å². The van der Waals surface area contributed by atoms with Crippen LogP contribution in [-0.2, 0) is 0 Å². The van der Waals surface area contributed by atoms with Crippen molar-refractivity contribution in [2.75, 3.05) is 31.6 Å². The topological polar surface area (TPSA) is 135 Å². The summed E-state index contributed by atoms with van der Waals surface area (Å²) in [5, 5.41) is 34.7. The van der Waals surface area contributed by atoms with E-state index in [1.165, 1.54) is 12.1 Å². The molecule has 0 fully saturated rings. The van der Waals surface area contributed by atoms with Crippen molar-refractivity contribution < 1.29 is 20.3 Å². The van der Waals surface area contributed by atoms with Gasteiger partial charge >= 0.3 is 0 Å². The van der Waals surface area contributed by atoms with Crippen molar-refractivity contribution in [3.8, 4) is 0 Å². The average Bonchev–Trinajstić information content (AvgIpc) is 2.38. The Morgan fingerprint density at radius 2 is 1.95 bits per heavy atom. The molecule has 0 aliphatic rings. The number of nitro groups is 2. The molecule has 19 heavy (non-hydrogen) atoms. The number of nitrogens with zero attached hydrogens (tertiary/aromatic N) is 2. The molecule has 4 N–H and O–H groups in total. The van der Waals surface area contributed by atoms with Crippen molar-refractivity contribution in [2.24, 2.45) is 0 Å². The lowest BCUT2D eigenvalue weighted by Gasteiger charge is -2.06. The highest BCUT2D eigenvalue weighted by Crippen LogP contribution is 2.28. The maximum atomic E-state index is 10.8. The van der Waals surface area contributed by atoms with E-state index in [1.54, 1.807) is 0 Å². The largest absolute Gasteiger partial charge is 0.391 e. The van der Waals surface area contributed by atoms with Gasteiger partial charge < -0.3 is 15.7 Å². The smallest absolute Gasteiger partial charge is 0.299 e. The number of hydrogen-bond acceptors (Lipinski definition) is 6. The highest BCUT2D eigenvalue weighted by molar-refractivity contribution is 5.65. The zero-order chi connectivity index (χ0) is 14.3. The average molecular weight is 271 g/mol. The van der Waals surface area contributed by atoms with Crippen molar-refractivity contribution >= 4 is 17.1 Å². The number of non-ortho nitro benzene ring substituents is 1. The predicted molar refractivity (Wildman–Crippen MR) is 67.0 cm³/mol. The number of anilines is 1. The fourth-order valence-electron chi connectivity index (χ4n) is 1.48. The molecule has 0 aliphatic heterocycles. The first-order valence-corrected chi connectivity index (χ1v) is 5.65. The number of hydrogen-bond donors (Lipinski definition) is 3. The van der Waals surface area contributed by atoms with Gasteiger partial charge in [-0.1, -0.05) is 0 Å². The minimum atomic E-state index is -0.675. The number of aliphatic hydroxyl groups is 1. The van der Waals surface area contributed by atoms with E-state index in [-0.39, 0.29) is 23.7 Å². The van der Waals surface area contributed by atoms with Crippen molar-refractivity contribution in [1.82, 2.24) is 0 Å². The number of quaternary nitrogens is 1. The number of rotatable bonds is 8. The van der Waals surface area contributed by atoms with Crippen LogP contribution in [-0.4, -0.2) is 41.2 Å². The number of nitrogens with two attached hydrogens (primary N) is 1. The van der Waals surface area contributed by atoms with Gasteiger partial charge in [0.1, 0.15) is 5.69 Å². The fraction of sp³-hybridized carbons (Fsp3) is 0.400. The first-order chi connectivity index (χ1) is 9.06. The van der Waals surface area contributed by atoms with Crippen molar-refractivity contribution in [3.63, 3.8) is 0 Å². The van der Waals surface area contributed by atoms with Gasteiger partial charge in [-0.2, -0.15) is 0 Å². The third-order valence-corrected chi connectivity index (χ3v) is 2.39. The Balaban J connectivity index is 2.71. The second kappa shape index (κ2) is 7.24. The van der Waals surface area contributed by atoms with E-state index in [9.17, 15) is 20.2 Å². The van der Waals surface area contributed by atoms with Crippen LogP contribution in [0.5, 0.6) is 0 Å². The molecule has 0 aromatic heterocycles. The van der Waals surface area contributed by atoms with Crippen LogP contribution < -0.4 is 10.6 Å². The molecule has 104 valence electrons. The van der Waals surface area contributed by atoms with E-state index in [2.05, 4.69) is 5.32 Å². The Hall–Kier alpha value is -2.26. The summed E-state index contributed by atoms with van der Waals surface area (Å²) in [4.78, 5) is 20.1. The molecule has 9 heteroatoms. The molecular formula is C10H15N4O5+. The molecule has 1 aromatic carbocycles. The third-order valence-electron chi connectivity index (χ3n) is 2.39. The van der Waals surface area contributed by atoms with Crippen LogP contribution in [0, 0.1) is 20.2 Å². The Bertz CT molecular complexity index is 465. The predicted octanol–water partition coefficient (Wildman–Crippen LogP) is -0.529. The molecular weight excluding hydrogens is 256 g/mol. The maximum Gasteiger partial charge on any atom is 0.299 e. The van der Waals surface area contributed by atoms with Gasteiger partial charge in [-0.25, -0.2) is 0 Å². The minimum absolute atomic E-state index is 0.0671. The lowest BCUT2D eigenvalue weighted by atomic mass is 10.2. The molecule has 0 bridgehead atoms. The van der Waals surface area contributed by atoms with Gasteiger partial charge in [-0.15, -0.1) is 0 Å². The quantitative estimate of drug-likeness (QED) is 0.330. The summed E-state index contributed by atoms with van der Waals surface area (Å²) >= 11 is 0. The normalized spacial score (nSPS) is 10.2. The zero-order valence-electron chi connectivity index (χ0n) is 10.1. The highest BCUT2D eigenvalue weighted by atomic mass is 16.6. The standard InChI is InChI=1S/C10H14N4O5/c15-6-5-11-3-4-12-9-2-1-8(13(16)17)7-10(9)14(18)19/h1-2,7,11-12,15H,3-6H2/p+1. The lowest BCUT2D eigenvalue weighted by molar-refractivity contribution is -0.653. The molecule has 1 rings (SSSR count). The van der Waals surface area contributed by atoms with E-state index >= 15 is 0 Å². The molecule has 0 radical (unpaired) electrons. The van der Waals surface area contributed by atoms with E-state index in [1.807, 2.05) is 5.32 Å². The second-order valence-corrected chi connectivity index (χ2v) is 3.73. The molecule has 0 amide bonds. The summed E-state index contributed by atoms with van der Waals surface area (Å²) in [6.45, 7) is 1.72. The summed E-state index contributed by atoms with van der Waals surface area (Å²) in [6, 6.07) is 3.47. The van der Waals surface area contributed by atoms with Crippen LogP contribution in [0.3, 0.4) is 0 Å². The van der Waals surface area contributed by atoms with Crippen LogP contribution in [0.2, 0.25) is 0 Å². The van der Waals surface area contributed by atoms with Gasteiger partial charge in [0.15, 0.2) is 0 Å². The van der Waals surface area contributed by atoms with Gasteiger partial charge in [0.2, 0.25) is 0 Å². The van der Waals surface area contributed by atoms with E-state index in [4.69, 9.17) is 5.11 Å². The Labute approximate surface area is 108 Å². The van der Waals surface area contributed by atoms with Crippen LogP contribution >= 0.6 is 0 Å². The summed E-state index contributed by atoms with van der Waals surface area (Å²) in [5.41, 5.74) is -0.395. The molecule has 0 atom stereocenters. The van der Waals surface area contributed by atoms with Gasteiger partial charge in [0, 0.05) is 6.07 Å². The highest BCUT2D eigenvalue weighted by Gasteiger charge is 2.18. The van der Waals surface area contributed by atoms with E-state index < -0.39 is 9.85 Å². The van der Waals surface area contributed by atoms with E-state index in [0.29, 0.717) is 19.6 Å². The molecule has 1 aromatic rings. The number of benzene rings is 1. The number of nitrogens with one attached hydrogen (secondary N) is 1. The molecule has 0 unspecified atom stereocenters. The van der Waals surface area contributed by atoms with Crippen LogP contribution in [0.25, 0.3) is 0 Å². The lowest BCUT2D eigenvalue weighted by Crippen LogP contribution is -2.86. The summed E-state index contributed by atoms with van der Waals surface area (Å²) < 4.78 is 0. The molecule has 9 nitrogen and oxygen atoms in total. The first-order valence-electron chi connectivity index (χ1n) is 5.65. The number of aliphatic hydroxyl groups excluding tert-OH is 1. The summed E-state index contributed by atoms with van der Waals surface area (Å²) in [6.07, 6.45) is 0. The molecule has 0 saturated carbocycles. The van der Waals surface area contributed by atoms with Gasteiger partial charge in [0.25, 0.3) is 11.4 Å². The third kappa shape index (κ3) is 4.48.